The average molecular weight is 318 g/mol. The predicted octanol–water partition coefficient (Wildman–Crippen LogP) is 1.48. The number of likely N-dealkylation sites (tertiary alicyclic amines) is 2. The van der Waals surface area contributed by atoms with Crippen LogP contribution < -0.4 is 0 Å². The summed E-state index contributed by atoms with van der Waals surface area (Å²) in [5.74, 6) is 1.69. The van der Waals surface area contributed by atoms with E-state index in [1.807, 2.05) is 11.8 Å². The van der Waals surface area contributed by atoms with E-state index in [1.165, 1.54) is 0 Å². The lowest BCUT2D eigenvalue weighted by molar-refractivity contribution is -0.136. The van der Waals surface area contributed by atoms with Gasteiger partial charge in [0.2, 0.25) is 17.7 Å². The van der Waals surface area contributed by atoms with Crippen LogP contribution in [0.3, 0.4) is 0 Å². The Labute approximate surface area is 135 Å². The van der Waals surface area contributed by atoms with Crippen molar-refractivity contribution < 1.29 is 14.1 Å². The van der Waals surface area contributed by atoms with Crippen LogP contribution in [-0.4, -0.2) is 51.4 Å². The molecule has 7 heteroatoms. The van der Waals surface area contributed by atoms with Crippen LogP contribution >= 0.6 is 0 Å². The first-order chi connectivity index (χ1) is 11.2. The van der Waals surface area contributed by atoms with Crippen LogP contribution in [0.25, 0.3) is 0 Å². The van der Waals surface area contributed by atoms with Crippen molar-refractivity contribution in [3.05, 3.63) is 11.7 Å². The maximum absolute atomic E-state index is 12.9. The number of hydrogen-bond donors (Lipinski definition) is 0. The third-order valence-corrected chi connectivity index (χ3v) is 5.16. The van der Waals surface area contributed by atoms with Crippen molar-refractivity contribution in [2.24, 2.45) is 5.92 Å². The topological polar surface area (TPSA) is 79.5 Å². The van der Waals surface area contributed by atoms with Gasteiger partial charge in [-0.25, -0.2) is 0 Å². The first-order valence-corrected chi connectivity index (χ1v) is 8.59. The standard InChI is InChI=1S/C16H22N4O3/c1-2-19-9-11(8-13(19)21)16(22)20-7-3-4-12(20)14-17-15(23-18-14)10-5-6-10/h10-12H,2-9H2,1H3. The summed E-state index contributed by atoms with van der Waals surface area (Å²) in [7, 11) is 0. The molecule has 3 aliphatic rings. The molecule has 0 bridgehead atoms. The molecule has 1 aliphatic carbocycles. The van der Waals surface area contributed by atoms with E-state index in [2.05, 4.69) is 10.1 Å². The molecule has 0 spiro atoms. The van der Waals surface area contributed by atoms with Crippen LogP contribution in [0.5, 0.6) is 0 Å². The van der Waals surface area contributed by atoms with Gasteiger partial charge in [0.1, 0.15) is 0 Å². The number of hydrogen-bond acceptors (Lipinski definition) is 5. The summed E-state index contributed by atoms with van der Waals surface area (Å²) in [5, 5.41) is 4.11. The molecule has 7 nitrogen and oxygen atoms in total. The van der Waals surface area contributed by atoms with Crippen molar-refractivity contribution in [1.29, 1.82) is 0 Å². The molecular weight excluding hydrogens is 296 g/mol. The average Bonchev–Trinajstić information content (AvgIpc) is 2.99. The second kappa shape index (κ2) is 5.62. The monoisotopic (exact) mass is 318 g/mol. The number of rotatable bonds is 4. The van der Waals surface area contributed by atoms with E-state index in [-0.39, 0.29) is 23.8 Å². The van der Waals surface area contributed by atoms with Crippen molar-refractivity contribution in [3.8, 4) is 0 Å². The van der Waals surface area contributed by atoms with Gasteiger partial charge in [-0.05, 0) is 32.6 Å². The van der Waals surface area contributed by atoms with Gasteiger partial charge in [0.25, 0.3) is 0 Å². The van der Waals surface area contributed by atoms with Crippen LogP contribution in [-0.2, 0) is 9.59 Å². The Morgan fingerprint density at radius 3 is 2.87 bits per heavy atom. The minimum atomic E-state index is -0.224. The highest BCUT2D eigenvalue weighted by Gasteiger charge is 2.41. The Balaban J connectivity index is 1.48. The number of amides is 2. The highest BCUT2D eigenvalue weighted by atomic mass is 16.5. The van der Waals surface area contributed by atoms with E-state index in [9.17, 15) is 9.59 Å². The summed E-state index contributed by atoms with van der Waals surface area (Å²) in [6, 6.07) is -0.0930. The Morgan fingerprint density at radius 1 is 1.35 bits per heavy atom. The number of nitrogens with zero attached hydrogens (tertiary/aromatic N) is 4. The van der Waals surface area contributed by atoms with Crippen molar-refractivity contribution in [1.82, 2.24) is 19.9 Å². The highest BCUT2D eigenvalue weighted by molar-refractivity contribution is 5.89. The zero-order chi connectivity index (χ0) is 16.0. The Hall–Kier alpha value is -1.92. The zero-order valence-electron chi connectivity index (χ0n) is 13.4. The zero-order valence-corrected chi connectivity index (χ0v) is 13.4. The van der Waals surface area contributed by atoms with Gasteiger partial charge in [-0.15, -0.1) is 0 Å². The number of carbonyl (C=O) groups excluding carboxylic acids is 2. The largest absolute Gasteiger partial charge is 0.342 e. The lowest BCUT2D eigenvalue weighted by atomic mass is 10.1. The SMILES string of the molecule is CCN1CC(C(=O)N2CCCC2c2noc(C3CC3)n2)CC1=O. The van der Waals surface area contributed by atoms with Crippen molar-refractivity contribution in [3.63, 3.8) is 0 Å². The molecule has 2 saturated heterocycles. The van der Waals surface area contributed by atoms with Gasteiger partial charge in [0, 0.05) is 32.0 Å². The van der Waals surface area contributed by atoms with Gasteiger partial charge in [0.15, 0.2) is 5.82 Å². The van der Waals surface area contributed by atoms with Crippen molar-refractivity contribution >= 4 is 11.8 Å². The molecule has 1 aromatic rings. The molecule has 4 rings (SSSR count). The second-order valence-corrected chi connectivity index (χ2v) is 6.79. The Kier molecular flexibility index (Phi) is 3.58. The summed E-state index contributed by atoms with van der Waals surface area (Å²) < 4.78 is 5.34. The van der Waals surface area contributed by atoms with E-state index in [0.29, 0.717) is 43.7 Å². The number of aromatic nitrogens is 2. The lowest BCUT2D eigenvalue weighted by Crippen LogP contribution is -2.37. The fourth-order valence-electron chi connectivity index (χ4n) is 3.66. The molecule has 1 saturated carbocycles. The predicted molar refractivity (Wildman–Crippen MR) is 80.3 cm³/mol. The van der Waals surface area contributed by atoms with Gasteiger partial charge in [0.05, 0.1) is 12.0 Å². The van der Waals surface area contributed by atoms with Crippen LogP contribution in [0.15, 0.2) is 4.52 Å². The van der Waals surface area contributed by atoms with E-state index >= 15 is 0 Å². The maximum atomic E-state index is 12.9. The molecule has 23 heavy (non-hydrogen) atoms. The van der Waals surface area contributed by atoms with E-state index in [4.69, 9.17) is 4.52 Å². The minimum absolute atomic E-state index is 0.0644. The molecule has 2 amide bonds. The molecule has 0 N–H and O–H groups in total. The number of carbonyl (C=O) groups is 2. The fourth-order valence-corrected chi connectivity index (χ4v) is 3.66. The molecule has 2 unspecified atom stereocenters. The van der Waals surface area contributed by atoms with E-state index < -0.39 is 0 Å². The highest BCUT2D eigenvalue weighted by Crippen LogP contribution is 2.40. The molecule has 1 aromatic heterocycles. The summed E-state index contributed by atoms with van der Waals surface area (Å²) in [4.78, 5) is 32.9. The van der Waals surface area contributed by atoms with Crippen LogP contribution in [0.4, 0.5) is 0 Å². The molecule has 124 valence electrons. The van der Waals surface area contributed by atoms with Gasteiger partial charge >= 0.3 is 0 Å². The van der Waals surface area contributed by atoms with Crippen LogP contribution in [0, 0.1) is 5.92 Å². The van der Waals surface area contributed by atoms with Crippen molar-refractivity contribution in [2.45, 2.75) is 51.0 Å². The van der Waals surface area contributed by atoms with Gasteiger partial charge in [-0.2, -0.15) is 4.98 Å². The van der Waals surface area contributed by atoms with Crippen LogP contribution in [0.1, 0.15) is 62.7 Å². The van der Waals surface area contributed by atoms with Crippen LogP contribution in [0.2, 0.25) is 0 Å². The molecule has 0 radical (unpaired) electrons. The van der Waals surface area contributed by atoms with Crippen molar-refractivity contribution in [2.75, 3.05) is 19.6 Å². The summed E-state index contributed by atoms with van der Waals surface area (Å²) in [6.45, 7) is 3.87. The van der Waals surface area contributed by atoms with Gasteiger partial charge in [-0.3, -0.25) is 9.59 Å². The summed E-state index contributed by atoms with van der Waals surface area (Å²) in [5.41, 5.74) is 0. The third kappa shape index (κ3) is 2.62. The second-order valence-electron chi connectivity index (χ2n) is 6.79. The van der Waals surface area contributed by atoms with Gasteiger partial charge in [-0.1, -0.05) is 5.16 Å². The smallest absolute Gasteiger partial charge is 0.229 e. The summed E-state index contributed by atoms with van der Waals surface area (Å²) >= 11 is 0. The Morgan fingerprint density at radius 2 is 2.17 bits per heavy atom. The normalized spacial score (nSPS) is 28.0. The fraction of sp³-hybridized carbons (Fsp3) is 0.750. The molecule has 3 heterocycles. The van der Waals surface area contributed by atoms with E-state index in [1.54, 1.807) is 4.90 Å². The van der Waals surface area contributed by atoms with E-state index in [0.717, 1.165) is 25.7 Å². The maximum Gasteiger partial charge on any atom is 0.229 e. The minimum Gasteiger partial charge on any atom is -0.342 e. The third-order valence-electron chi connectivity index (χ3n) is 5.16. The first kappa shape index (κ1) is 14.7. The first-order valence-electron chi connectivity index (χ1n) is 8.59. The molecule has 2 aliphatic heterocycles. The molecule has 3 fully saturated rings. The quantitative estimate of drug-likeness (QED) is 0.840. The lowest BCUT2D eigenvalue weighted by Gasteiger charge is -2.25. The molecular formula is C16H22N4O3. The molecule has 0 aromatic carbocycles. The van der Waals surface area contributed by atoms with Gasteiger partial charge < -0.3 is 14.3 Å². The Bertz CT molecular complexity index is 625. The summed E-state index contributed by atoms with van der Waals surface area (Å²) in [6.07, 6.45) is 4.38. The molecule has 2 atom stereocenters.